The second kappa shape index (κ2) is 3.42. The predicted molar refractivity (Wildman–Crippen MR) is 51.5 cm³/mol. The van der Waals surface area contributed by atoms with Crippen LogP contribution in [-0.4, -0.2) is 0 Å². The Hall–Kier alpha value is -1.27. The van der Waals surface area contributed by atoms with Crippen molar-refractivity contribution >= 4 is 17.0 Å². The molecule has 0 aliphatic heterocycles. The van der Waals surface area contributed by atoms with Gasteiger partial charge in [-0.3, -0.25) is 0 Å². The Labute approximate surface area is 75.9 Å². The third-order valence-corrected chi connectivity index (χ3v) is 2.58. The molecule has 0 aromatic carbocycles. The molecule has 2 nitrogen and oxygen atoms in total. The van der Waals surface area contributed by atoms with Gasteiger partial charge in [-0.2, -0.15) is 16.6 Å². The average molecular weight is 178 g/mol. The Morgan fingerprint density at radius 1 is 1.58 bits per heavy atom. The fourth-order valence-electron chi connectivity index (χ4n) is 0.899. The first-order valence-electron chi connectivity index (χ1n) is 3.56. The van der Waals surface area contributed by atoms with E-state index in [4.69, 9.17) is 11.0 Å². The smallest absolute Gasteiger partial charge is 0.0965 e. The van der Waals surface area contributed by atoms with Crippen LogP contribution in [0.15, 0.2) is 16.3 Å². The third-order valence-electron chi connectivity index (χ3n) is 1.72. The number of allylic oxidation sites excluding steroid dienone is 1. The molecule has 3 heteroatoms. The number of nitrogens with two attached hydrogens (primary N) is 1. The van der Waals surface area contributed by atoms with Crippen molar-refractivity contribution in [2.45, 2.75) is 13.8 Å². The summed E-state index contributed by atoms with van der Waals surface area (Å²) in [7, 11) is 0. The van der Waals surface area contributed by atoms with E-state index >= 15 is 0 Å². The zero-order valence-electron chi connectivity index (χ0n) is 7.09. The lowest BCUT2D eigenvalue weighted by molar-refractivity contribution is 1.38. The van der Waals surface area contributed by atoms with Crippen LogP contribution in [0.25, 0.3) is 5.70 Å². The number of aryl methyl sites for hydroxylation is 1. The van der Waals surface area contributed by atoms with E-state index in [1.807, 2.05) is 23.8 Å². The number of hydrogen-bond donors (Lipinski definition) is 1. The lowest BCUT2D eigenvalue weighted by Gasteiger charge is -2.00. The molecule has 12 heavy (non-hydrogen) atoms. The molecule has 0 unspecified atom stereocenters. The maximum atomic E-state index is 8.61. The van der Waals surface area contributed by atoms with Gasteiger partial charge >= 0.3 is 0 Å². The second-order valence-corrected chi connectivity index (χ2v) is 3.36. The normalized spacial score (nSPS) is 12.1. The number of hydrogen-bond acceptors (Lipinski definition) is 3. The van der Waals surface area contributed by atoms with E-state index in [9.17, 15) is 0 Å². The van der Waals surface area contributed by atoms with Crippen molar-refractivity contribution in [1.29, 1.82) is 5.26 Å². The molecule has 0 aliphatic rings. The highest BCUT2D eigenvalue weighted by molar-refractivity contribution is 7.08. The van der Waals surface area contributed by atoms with Crippen molar-refractivity contribution in [3.8, 4) is 6.07 Å². The van der Waals surface area contributed by atoms with Crippen LogP contribution in [0.3, 0.4) is 0 Å². The number of nitriles is 1. The van der Waals surface area contributed by atoms with Crippen molar-refractivity contribution in [3.05, 3.63) is 27.5 Å². The zero-order chi connectivity index (χ0) is 9.14. The fraction of sp³-hybridized carbons (Fsp3) is 0.222. The number of thiophene rings is 1. The quantitative estimate of drug-likeness (QED) is 0.670. The number of rotatable bonds is 1. The molecular formula is C9H10N2S. The molecule has 1 rings (SSSR count). The van der Waals surface area contributed by atoms with Gasteiger partial charge in [0, 0.05) is 16.5 Å². The van der Waals surface area contributed by atoms with Gasteiger partial charge in [0.1, 0.15) is 0 Å². The van der Waals surface area contributed by atoms with Crippen molar-refractivity contribution < 1.29 is 0 Å². The second-order valence-electron chi connectivity index (χ2n) is 2.62. The molecule has 0 atom stereocenters. The van der Waals surface area contributed by atoms with E-state index in [1.54, 1.807) is 18.3 Å². The highest BCUT2D eigenvalue weighted by atomic mass is 32.1. The van der Waals surface area contributed by atoms with Crippen LogP contribution in [0.2, 0.25) is 0 Å². The summed E-state index contributed by atoms with van der Waals surface area (Å²) in [5.74, 6) is 0. The minimum atomic E-state index is 0.580. The van der Waals surface area contributed by atoms with Gasteiger partial charge in [0.05, 0.1) is 11.8 Å². The summed E-state index contributed by atoms with van der Waals surface area (Å²) in [6.07, 6.45) is 0. The van der Waals surface area contributed by atoms with E-state index in [0.717, 1.165) is 11.1 Å². The van der Waals surface area contributed by atoms with E-state index in [-0.39, 0.29) is 0 Å². The third kappa shape index (κ3) is 1.49. The van der Waals surface area contributed by atoms with Crippen molar-refractivity contribution in [3.63, 3.8) is 0 Å². The molecule has 62 valence electrons. The van der Waals surface area contributed by atoms with Crippen molar-refractivity contribution in [2.75, 3.05) is 0 Å². The van der Waals surface area contributed by atoms with Gasteiger partial charge in [-0.15, -0.1) is 0 Å². The molecule has 0 saturated heterocycles. The minimum absolute atomic E-state index is 0.580. The van der Waals surface area contributed by atoms with Gasteiger partial charge in [-0.1, -0.05) is 0 Å². The SMILES string of the molecule is C/C(C#N)=C(/N)c1cscc1C. The highest BCUT2D eigenvalue weighted by Crippen LogP contribution is 2.21. The van der Waals surface area contributed by atoms with E-state index in [0.29, 0.717) is 11.3 Å². The first-order chi connectivity index (χ1) is 5.66. The van der Waals surface area contributed by atoms with Crippen molar-refractivity contribution in [2.24, 2.45) is 5.73 Å². The highest BCUT2D eigenvalue weighted by Gasteiger charge is 2.04. The molecule has 0 bridgehead atoms. The van der Waals surface area contributed by atoms with E-state index in [2.05, 4.69) is 0 Å². The Morgan fingerprint density at radius 3 is 2.67 bits per heavy atom. The Morgan fingerprint density at radius 2 is 2.25 bits per heavy atom. The van der Waals surface area contributed by atoms with Crippen LogP contribution in [0.4, 0.5) is 0 Å². The maximum absolute atomic E-state index is 8.61. The molecular weight excluding hydrogens is 168 g/mol. The first-order valence-corrected chi connectivity index (χ1v) is 4.50. The van der Waals surface area contributed by atoms with E-state index < -0.39 is 0 Å². The lowest BCUT2D eigenvalue weighted by Crippen LogP contribution is -1.98. The number of nitrogens with zero attached hydrogens (tertiary/aromatic N) is 1. The predicted octanol–water partition coefficient (Wildman–Crippen LogP) is 2.27. The van der Waals surface area contributed by atoms with Crippen LogP contribution in [-0.2, 0) is 0 Å². The van der Waals surface area contributed by atoms with Gasteiger partial charge in [0.2, 0.25) is 0 Å². The summed E-state index contributed by atoms with van der Waals surface area (Å²) < 4.78 is 0. The summed E-state index contributed by atoms with van der Waals surface area (Å²) in [6.45, 7) is 3.72. The van der Waals surface area contributed by atoms with Crippen LogP contribution in [0.5, 0.6) is 0 Å². The molecule has 2 N–H and O–H groups in total. The standard InChI is InChI=1S/C9H10N2S/c1-6(3-10)9(11)8-5-12-4-7(8)2/h4-5H,11H2,1-2H3/b9-6-. The summed E-state index contributed by atoms with van der Waals surface area (Å²) in [5.41, 5.74) is 9.05. The van der Waals surface area contributed by atoms with E-state index in [1.165, 1.54) is 0 Å². The molecule has 0 radical (unpaired) electrons. The molecule has 0 amide bonds. The van der Waals surface area contributed by atoms with Gasteiger partial charge in [-0.25, -0.2) is 0 Å². The van der Waals surface area contributed by atoms with Crippen LogP contribution >= 0.6 is 11.3 Å². The molecule has 0 saturated carbocycles. The summed E-state index contributed by atoms with van der Waals surface area (Å²) in [4.78, 5) is 0. The van der Waals surface area contributed by atoms with Gasteiger partial charge in [-0.05, 0) is 24.8 Å². The van der Waals surface area contributed by atoms with Crippen molar-refractivity contribution in [1.82, 2.24) is 0 Å². The Kier molecular flexibility index (Phi) is 2.51. The fourth-order valence-corrected chi connectivity index (χ4v) is 1.75. The molecule has 1 aromatic rings. The average Bonchev–Trinajstić information content (AvgIpc) is 2.48. The van der Waals surface area contributed by atoms with Crippen LogP contribution in [0.1, 0.15) is 18.1 Å². The molecule has 1 aromatic heterocycles. The molecule has 0 fully saturated rings. The minimum Gasteiger partial charge on any atom is -0.397 e. The first kappa shape index (κ1) is 8.82. The van der Waals surface area contributed by atoms with Gasteiger partial charge < -0.3 is 5.73 Å². The van der Waals surface area contributed by atoms with Gasteiger partial charge in [0.25, 0.3) is 0 Å². The summed E-state index contributed by atoms with van der Waals surface area (Å²) in [5, 5.41) is 12.6. The maximum Gasteiger partial charge on any atom is 0.0965 e. The molecule has 0 spiro atoms. The Bertz CT molecular complexity index is 355. The zero-order valence-corrected chi connectivity index (χ0v) is 7.90. The van der Waals surface area contributed by atoms with Crippen LogP contribution < -0.4 is 5.73 Å². The Balaban J connectivity index is 3.18. The largest absolute Gasteiger partial charge is 0.397 e. The summed E-state index contributed by atoms with van der Waals surface area (Å²) >= 11 is 1.60. The lowest BCUT2D eigenvalue weighted by atomic mass is 10.1. The molecule has 1 heterocycles. The molecule has 0 aliphatic carbocycles. The summed E-state index contributed by atoms with van der Waals surface area (Å²) in [6, 6.07) is 2.04. The topological polar surface area (TPSA) is 49.8 Å². The monoisotopic (exact) mass is 178 g/mol. The van der Waals surface area contributed by atoms with Gasteiger partial charge in [0.15, 0.2) is 0 Å². The van der Waals surface area contributed by atoms with Crippen LogP contribution in [0, 0.1) is 18.3 Å².